The monoisotopic (exact) mass is 699 g/mol. The number of hydrogen-bond acceptors (Lipinski definition) is 5. The van der Waals surface area contributed by atoms with Gasteiger partial charge in [-0.2, -0.15) is 0 Å². The number of para-hydroxylation sites is 1. The first-order valence-electron chi connectivity index (χ1n) is 14.5. The molecular weight excluding hydrogens is 665 g/mol. The number of nitrogens with zero attached hydrogens (tertiary/aromatic N) is 2. The second-order valence-corrected chi connectivity index (χ2v) is 13.1. The third-order valence-electron chi connectivity index (χ3n) is 8.25. The van der Waals surface area contributed by atoms with Gasteiger partial charge >= 0.3 is 12.3 Å². The molecule has 0 radical (unpaired) electrons. The number of rotatable bonds is 11. The number of pyridine rings is 1. The molecule has 1 aromatic heterocycles. The van der Waals surface area contributed by atoms with E-state index in [1.165, 1.54) is 23.1 Å². The van der Waals surface area contributed by atoms with E-state index in [-0.39, 0.29) is 55.5 Å². The third-order valence-corrected chi connectivity index (χ3v) is 8.74. The molecule has 0 spiro atoms. The Morgan fingerprint density at radius 1 is 1.18 bits per heavy atom. The van der Waals surface area contributed by atoms with Crippen molar-refractivity contribution in [2.75, 3.05) is 24.5 Å². The number of nitrogens with one attached hydrogen (secondary N) is 1. The van der Waals surface area contributed by atoms with Crippen molar-refractivity contribution in [1.82, 2.24) is 10.3 Å². The Kier molecular flexibility index (Phi) is 10.3. The number of ether oxygens (including phenoxy) is 1. The molecule has 2 N–H and O–H groups in total. The number of amides is 1. The van der Waals surface area contributed by atoms with E-state index >= 15 is 0 Å². The van der Waals surface area contributed by atoms with Crippen LogP contribution >= 0.6 is 15.9 Å². The van der Waals surface area contributed by atoms with Crippen molar-refractivity contribution in [1.29, 1.82) is 0 Å². The quantitative estimate of drug-likeness (QED) is 0.198. The fourth-order valence-corrected chi connectivity index (χ4v) is 6.31. The Hall–Kier alpha value is -3.48. The van der Waals surface area contributed by atoms with Crippen LogP contribution < -0.4 is 15.0 Å². The largest absolute Gasteiger partial charge is 0.573 e. The van der Waals surface area contributed by atoms with Crippen molar-refractivity contribution >= 4 is 44.5 Å². The number of carbonyl (C=O) groups is 2. The average molecular weight is 701 g/mol. The van der Waals surface area contributed by atoms with Gasteiger partial charge in [-0.05, 0) is 67.3 Å². The zero-order chi connectivity index (χ0) is 33.2. The van der Waals surface area contributed by atoms with E-state index in [1.807, 2.05) is 0 Å². The fraction of sp³-hybridized carbons (Fsp3) is 0.469. The molecule has 13 heteroatoms. The molecule has 0 aliphatic carbocycles. The highest BCUT2D eigenvalue weighted by atomic mass is 79.9. The SMILES string of the molecule is Cc1c(N2CCCC(F)(F)C2)nc2ccc(Br)cc2c1C(=O)NCC(CCC(=O)O)C(C)(C)Cc1ccccc1OC(F)(F)F. The minimum absolute atomic E-state index is 0.00971. The first-order chi connectivity index (χ1) is 21.0. The second kappa shape index (κ2) is 13.5. The Bertz CT molecular complexity index is 1560. The highest BCUT2D eigenvalue weighted by Gasteiger charge is 2.38. The first kappa shape index (κ1) is 34.4. The number of piperidine rings is 1. The van der Waals surface area contributed by atoms with Crippen molar-refractivity contribution in [2.24, 2.45) is 11.3 Å². The van der Waals surface area contributed by atoms with Crippen LogP contribution in [0.2, 0.25) is 0 Å². The maximum atomic E-state index is 14.4. The van der Waals surface area contributed by atoms with Gasteiger partial charge in [-0.15, -0.1) is 13.2 Å². The highest BCUT2D eigenvalue weighted by Crippen LogP contribution is 2.39. The maximum absolute atomic E-state index is 14.4. The van der Waals surface area contributed by atoms with E-state index < -0.39 is 42.0 Å². The summed E-state index contributed by atoms with van der Waals surface area (Å²) in [5, 5.41) is 12.8. The second-order valence-electron chi connectivity index (χ2n) is 12.1. The molecule has 2 aromatic carbocycles. The van der Waals surface area contributed by atoms with Crippen molar-refractivity contribution < 1.29 is 41.4 Å². The molecule has 1 aliphatic rings. The van der Waals surface area contributed by atoms with E-state index in [2.05, 4.69) is 31.0 Å². The van der Waals surface area contributed by atoms with Crippen LogP contribution in [0.5, 0.6) is 5.75 Å². The van der Waals surface area contributed by atoms with Crippen LogP contribution in [0.1, 0.15) is 61.0 Å². The van der Waals surface area contributed by atoms with Gasteiger partial charge in [0.05, 0.1) is 17.6 Å². The Balaban J connectivity index is 1.65. The highest BCUT2D eigenvalue weighted by molar-refractivity contribution is 9.10. The van der Waals surface area contributed by atoms with Crippen LogP contribution in [0.15, 0.2) is 46.9 Å². The van der Waals surface area contributed by atoms with Crippen molar-refractivity contribution in [3.05, 3.63) is 63.6 Å². The molecule has 0 bridgehead atoms. The first-order valence-corrected chi connectivity index (χ1v) is 15.3. The fourth-order valence-electron chi connectivity index (χ4n) is 5.95. The van der Waals surface area contributed by atoms with Gasteiger partial charge < -0.3 is 20.1 Å². The molecule has 3 aromatic rings. The standard InChI is InChI=1S/C32H35BrF5N3O4/c1-19-27(23-15-22(33)10-11-24(23)40-28(19)41-14-6-13-31(34,35)18-41)29(44)39-17-21(9-12-26(42)43)30(2,3)16-20-7-4-5-8-25(20)45-32(36,37)38/h4-5,7-8,10-11,15,21H,6,9,12-14,16-18H2,1-3H3,(H,39,44)(H,42,43). The Labute approximate surface area is 266 Å². The van der Waals surface area contributed by atoms with Gasteiger partial charge in [0.25, 0.3) is 11.8 Å². The van der Waals surface area contributed by atoms with Gasteiger partial charge in [-0.3, -0.25) is 9.59 Å². The van der Waals surface area contributed by atoms with Crippen molar-refractivity contribution in [3.63, 3.8) is 0 Å². The molecule has 0 saturated carbocycles. The Morgan fingerprint density at radius 2 is 1.89 bits per heavy atom. The number of benzene rings is 2. The summed E-state index contributed by atoms with van der Waals surface area (Å²) in [6, 6.07) is 10.9. The lowest BCUT2D eigenvalue weighted by Crippen LogP contribution is -2.43. The Morgan fingerprint density at radius 3 is 2.56 bits per heavy atom. The van der Waals surface area contributed by atoms with Gasteiger partial charge in [0.2, 0.25) is 0 Å². The zero-order valence-electron chi connectivity index (χ0n) is 25.1. The van der Waals surface area contributed by atoms with Gasteiger partial charge in [-0.1, -0.05) is 48.0 Å². The number of carboxylic acid groups (broad SMARTS) is 1. The van der Waals surface area contributed by atoms with E-state index in [1.54, 1.807) is 45.0 Å². The number of halogens is 6. The lowest BCUT2D eigenvalue weighted by Gasteiger charge is -2.36. The molecule has 1 aliphatic heterocycles. The summed E-state index contributed by atoms with van der Waals surface area (Å²) in [5.41, 5.74) is 0.632. The molecule has 1 unspecified atom stereocenters. The number of aromatic nitrogens is 1. The van der Waals surface area contributed by atoms with Crippen LogP contribution in [0.4, 0.5) is 27.8 Å². The van der Waals surface area contributed by atoms with E-state index in [9.17, 15) is 36.6 Å². The molecule has 1 fully saturated rings. The van der Waals surface area contributed by atoms with Crippen molar-refractivity contribution in [2.45, 2.75) is 65.2 Å². The van der Waals surface area contributed by atoms with Gasteiger partial charge in [0, 0.05) is 41.4 Å². The summed E-state index contributed by atoms with van der Waals surface area (Å²) in [6.07, 6.45) is -4.82. The predicted octanol–water partition coefficient (Wildman–Crippen LogP) is 7.92. The maximum Gasteiger partial charge on any atom is 0.573 e. The molecule has 45 heavy (non-hydrogen) atoms. The van der Waals surface area contributed by atoms with Crippen molar-refractivity contribution in [3.8, 4) is 5.75 Å². The molecule has 1 saturated heterocycles. The molecule has 244 valence electrons. The van der Waals surface area contributed by atoms with Gasteiger partial charge in [0.1, 0.15) is 11.6 Å². The molecule has 1 atom stereocenters. The van der Waals surface area contributed by atoms with E-state index in [0.717, 1.165) is 0 Å². The smallest absolute Gasteiger partial charge is 0.481 e. The predicted molar refractivity (Wildman–Crippen MR) is 164 cm³/mol. The summed E-state index contributed by atoms with van der Waals surface area (Å²) in [4.78, 5) is 31.6. The lowest BCUT2D eigenvalue weighted by molar-refractivity contribution is -0.275. The number of alkyl halides is 5. The van der Waals surface area contributed by atoms with Crippen LogP contribution in [0.25, 0.3) is 10.9 Å². The average Bonchev–Trinajstić information content (AvgIpc) is 2.92. The minimum Gasteiger partial charge on any atom is -0.481 e. The summed E-state index contributed by atoms with van der Waals surface area (Å²) < 4.78 is 72.8. The van der Waals surface area contributed by atoms with Crippen LogP contribution in [0.3, 0.4) is 0 Å². The normalized spacial score (nSPS) is 16.0. The summed E-state index contributed by atoms with van der Waals surface area (Å²) in [7, 11) is 0. The number of carboxylic acids is 1. The van der Waals surface area contributed by atoms with E-state index in [4.69, 9.17) is 0 Å². The molecule has 4 rings (SSSR count). The van der Waals surface area contributed by atoms with Gasteiger partial charge in [-0.25, -0.2) is 13.8 Å². The number of hydrogen-bond donors (Lipinski definition) is 2. The molecule has 7 nitrogen and oxygen atoms in total. The van der Waals surface area contributed by atoms with E-state index in [0.29, 0.717) is 33.3 Å². The lowest BCUT2D eigenvalue weighted by atomic mass is 9.72. The van der Waals surface area contributed by atoms with Crippen LogP contribution in [0, 0.1) is 18.3 Å². The van der Waals surface area contributed by atoms with Crippen LogP contribution in [-0.2, 0) is 11.2 Å². The summed E-state index contributed by atoms with van der Waals surface area (Å²) in [6.45, 7) is 5.11. The summed E-state index contributed by atoms with van der Waals surface area (Å²) in [5.74, 6) is -4.97. The number of aliphatic carboxylic acids is 1. The third kappa shape index (κ3) is 8.83. The van der Waals surface area contributed by atoms with Gasteiger partial charge in [0.15, 0.2) is 0 Å². The molecule has 1 amide bonds. The van der Waals surface area contributed by atoms with Crippen LogP contribution in [-0.4, -0.2) is 53.9 Å². The minimum atomic E-state index is -4.89. The summed E-state index contributed by atoms with van der Waals surface area (Å²) >= 11 is 3.42. The zero-order valence-corrected chi connectivity index (χ0v) is 26.7. The topological polar surface area (TPSA) is 91.8 Å². The molecule has 2 heterocycles. The number of anilines is 1. The number of fused-ring (bicyclic) bond motifs is 1. The number of carbonyl (C=O) groups excluding carboxylic acids is 1. The molecular formula is C32H35BrF5N3O4.